The van der Waals surface area contributed by atoms with Gasteiger partial charge in [0.25, 0.3) is 0 Å². The summed E-state index contributed by atoms with van der Waals surface area (Å²) >= 11 is 1.51. The lowest BCUT2D eigenvalue weighted by atomic mass is 10.2. The molecule has 1 aliphatic rings. The highest BCUT2D eigenvalue weighted by molar-refractivity contribution is 7.99. The Morgan fingerprint density at radius 2 is 2.16 bits per heavy atom. The van der Waals surface area contributed by atoms with Crippen molar-refractivity contribution in [1.29, 1.82) is 0 Å². The van der Waals surface area contributed by atoms with E-state index in [1.54, 1.807) is 0 Å². The molecule has 1 aromatic rings. The fraction of sp³-hybridized carbons (Fsp3) is 0.615. The Bertz CT molecular complexity index is 602. The topological polar surface area (TPSA) is 56.1 Å². The van der Waals surface area contributed by atoms with Gasteiger partial charge >= 0.3 is 0 Å². The van der Waals surface area contributed by atoms with E-state index in [-0.39, 0.29) is 23.3 Å². The van der Waals surface area contributed by atoms with E-state index in [9.17, 15) is 13.2 Å². The zero-order valence-electron chi connectivity index (χ0n) is 11.5. The summed E-state index contributed by atoms with van der Waals surface area (Å²) < 4.78 is 25.2. The van der Waals surface area contributed by atoms with Crippen molar-refractivity contribution in [2.75, 3.05) is 23.5 Å². The smallest absolute Gasteiger partial charge is 0.174 e. The largest absolute Gasteiger partial charge is 0.344 e. The number of ketones is 1. The van der Waals surface area contributed by atoms with Gasteiger partial charge in [-0.25, -0.2) is 8.42 Å². The van der Waals surface area contributed by atoms with Crippen molar-refractivity contribution in [1.82, 2.24) is 4.57 Å². The summed E-state index contributed by atoms with van der Waals surface area (Å²) in [5, 5.41) is 0. The van der Waals surface area contributed by atoms with Gasteiger partial charge in [0, 0.05) is 23.0 Å². The molecule has 0 amide bonds. The molecule has 0 radical (unpaired) electrons. The maximum Gasteiger partial charge on any atom is 0.174 e. The van der Waals surface area contributed by atoms with Gasteiger partial charge in [-0.15, -0.1) is 0 Å². The third-order valence-electron chi connectivity index (χ3n) is 3.63. The molecule has 2 heterocycles. The van der Waals surface area contributed by atoms with E-state index in [0.29, 0.717) is 12.2 Å². The molecule has 1 saturated heterocycles. The minimum absolute atomic E-state index is 0.0131. The van der Waals surface area contributed by atoms with Crippen LogP contribution in [0.2, 0.25) is 0 Å². The van der Waals surface area contributed by atoms with Crippen molar-refractivity contribution in [3.05, 3.63) is 23.0 Å². The van der Waals surface area contributed by atoms with Gasteiger partial charge in [0.1, 0.15) is 0 Å². The minimum Gasteiger partial charge on any atom is -0.344 e. The first kappa shape index (κ1) is 14.7. The molecule has 6 heteroatoms. The van der Waals surface area contributed by atoms with E-state index in [2.05, 4.69) is 0 Å². The predicted molar refractivity (Wildman–Crippen MR) is 78.9 cm³/mol. The summed E-state index contributed by atoms with van der Waals surface area (Å²) in [7, 11) is -2.91. The lowest BCUT2D eigenvalue weighted by Gasteiger charge is -2.16. The van der Waals surface area contributed by atoms with E-state index in [4.69, 9.17) is 0 Å². The van der Waals surface area contributed by atoms with Gasteiger partial charge in [-0.2, -0.15) is 11.8 Å². The first-order valence-corrected chi connectivity index (χ1v) is 9.48. The lowest BCUT2D eigenvalue weighted by molar-refractivity contribution is 0.102. The second-order valence-corrected chi connectivity index (χ2v) is 8.16. The molecular weight excluding hydrogens is 282 g/mol. The summed E-state index contributed by atoms with van der Waals surface area (Å²) in [6.45, 7) is 3.85. The van der Waals surface area contributed by atoms with Crippen molar-refractivity contribution < 1.29 is 13.2 Å². The zero-order valence-corrected chi connectivity index (χ0v) is 13.1. The van der Waals surface area contributed by atoms with Crippen LogP contribution in [0, 0.1) is 13.8 Å². The standard InChI is InChI=1S/C13H19NO3S2/c1-9-6-12(13(15)7-18-3)10(2)14(9)11-4-5-19(16,17)8-11/h6,11H,4-5,7-8H2,1-3H3. The number of aromatic nitrogens is 1. The van der Waals surface area contributed by atoms with Crippen LogP contribution in [-0.2, 0) is 9.84 Å². The number of carbonyl (C=O) groups is 1. The molecule has 1 fully saturated rings. The maximum atomic E-state index is 12.0. The second-order valence-electron chi connectivity index (χ2n) is 5.07. The van der Waals surface area contributed by atoms with Gasteiger partial charge in [-0.05, 0) is 32.6 Å². The molecule has 1 aliphatic heterocycles. The molecule has 19 heavy (non-hydrogen) atoms. The van der Waals surface area contributed by atoms with Crippen LogP contribution in [-0.4, -0.2) is 42.3 Å². The first-order valence-electron chi connectivity index (χ1n) is 6.26. The number of hydrogen-bond acceptors (Lipinski definition) is 4. The summed E-state index contributed by atoms with van der Waals surface area (Å²) in [6, 6.07) is 1.87. The highest BCUT2D eigenvalue weighted by Gasteiger charge is 2.31. The zero-order chi connectivity index (χ0) is 14.2. The van der Waals surface area contributed by atoms with Gasteiger partial charge in [0.05, 0.1) is 17.3 Å². The Morgan fingerprint density at radius 1 is 1.47 bits per heavy atom. The van der Waals surface area contributed by atoms with Gasteiger partial charge in [-0.3, -0.25) is 4.79 Å². The molecule has 1 aromatic heterocycles. The summed E-state index contributed by atoms with van der Waals surface area (Å²) in [6.07, 6.45) is 2.55. The molecule has 0 aromatic carbocycles. The van der Waals surface area contributed by atoms with E-state index in [1.807, 2.05) is 30.7 Å². The number of Topliss-reactive ketones (excluding diaryl/α,β-unsaturated/α-hetero) is 1. The number of aryl methyl sites for hydroxylation is 1. The SMILES string of the molecule is CSCC(=O)c1cc(C)n(C2CCS(=O)(=O)C2)c1C. The monoisotopic (exact) mass is 301 g/mol. The molecule has 106 valence electrons. The van der Waals surface area contributed by atoms with Crippen molar-refractivity contribution in [2.45, 2.75) is 26.3 Å². The Morgan fingerprint density at radius 3 is 2.68 bits per heavy atom. The summed E-state index contributed by atoms with van der Waals surface area (Å²) in [5.41, 5.74) is 2.61. The average Bonchev–Trinajstić information content (AvgIpc) is 2.79. The normalized spacial score (nSPS) is 21.7. The van der Waals surface area contributed by atoms with Crippen molar-refractivity contribution >= 4 is 27.4 Å². The van der Waals surface area contributed by atoms with Crippen molar-refractivity contribution in [3.8, 4) is 0 Å². The molecule has 0 N–H and O–H groups in total. The molecule has 0 bridgehead atoms. The van der Waals surface area contributed by atoms with E-state index in [0.717, 1.165) is 17.0 Å². The molecular formula is C13H19NO3S2. The number of carbonyl (C=O) groups excluding carboxylic acids is 1. The highest BCUT2D eigenvalue weighted by atomic mass is 32.2. The number of rotatable bonds is 4. The number of hydrogen-bond donors (Lipinski definition) is 0. The Balaban J connectivity index is 2.35. The molecule has 1 atom stereocenters. The quantitative estimate of drug-likeness (QED) is 0.798. The van der Waals surface area contributed by atoms with Crippen LogP contribution in [0.4, 0.5) is 0 Å². The van der Waals surface area contributed by atoms with Gasteiger partial charge in [-0.1, -0.05) is 0 Å². The predicted octanol–water partition coefficient (Wildman–Crippen LogP) is 2.01. The lowest BCUT2D eigenvalue weighted by Crippen LogP contribution is -2.14. The molecule has 0 spiro atoms. The fourth-order valence-corrected chi connectivity index (χ4v) is 4.93. The van der Waals surface area contributed by atoms with Crippen molar-refractivity contribution in [2.24, 2.45) is 0 Å². The Labute approximate surface area is 118 Å². The summed E-state index contributed by atoms with van der Waals surface area (Å²) in [4.78, 5) is 12.0. The van der Waals surface area contributed by atoms with Crippen LogP contribution in [0.3, 0.4) is 0 Å². The van der Waals surface area contributed by atoms with E-state index < -0.39 is 9.84 Å². The van der Waals surface area contributed by atoms with Crippen LogP contribution in [0.25, 0.3) is 0 Å². The Hall–Kier alpha value is -0.750. The minimum atomic E-state index is -2.91. The molecule has 0 aliphatic carbocycles. The van der Waals surface area contributed by atoms with Crippen LogP contribution in [0.5, 0.6) is 0 Å². The number of nitrogens with zero attached hydrogens (tertiary/aromatic N) is 1. The summed E-state index contributed by atoms with van der Waals surface area (Å²) in [5.74, 6) is 1.03. The maximum absolute atomic E-state index is 12.0. The number of sulfone groups is 1. The van der Waals surface area contributed by atoms with Crippen LogP contribution >= 0.6 is 11.8 Å². The third-order valence-corrected chi connectivity index (χ3v) is 5.93. The van der Waals surface area contributed by atoms with Crippen LogP contribution < -0.4 is 0 Å². The molecule has 4 nitrogen and oxygen atoms in total. The van der Waals surface area contributed by atoms with Crippen LogP contribution in [0.1, 0.15) is 34.2 Å². The number of thioether (sulfide) groups is 1. The molecule has 0 saturated carbocycles. The van der Waals surface area contributed by atoms with Crippen molar-refractivity contribution in [3.63, 3.8) is 0 Å². The fourth-order valence-electron chi connectivity index (χ4n) is 2.81. The highest BCUT2D eigenvalue weighted by Crippen LogP contribution is 2.29. The third kappa shape index (κ3) is 2.89. The van der Waals surface area contributed by atoms with Gasteiger partial charge < -0.3 is 4.57 Å². The van der Waals surface area contributed by atoms with Crippen LogP contribution in [0.15, 0.2) is 6.07 Å². The second kappa shape index (κ2) is 5.32. The van der Waals surface area contributed by atoms with E-state index in [1.165, 1.54) is 11.8 Å². The molecule has 2 rings (SSSR count). The average molecular weight is 301 g/mol. The molecule has 1 unspecified atom stereocenters. The van der Waals surface area contributed by atoms with E-state index >= 15 is 0 Å². The van der Waals surface area contributed by atoms with Gasteiger partial charge in [0.2, 0.25) is 0 Å². The van der Waals surface area contributed by atoms with Gasteiger partial charge in [0.15, 0.2) is 15.6 Å². The first-order chi connectivity index (χ1) is 8.85. The Kier molecular flexibility index (Phi) is 4.11.